The largest absolute Gasteiger partial charge is 0.463 e. The first-order valence-corrected chi connectivity index (χ1v) is 4.80. The molecule has 0 spiro atoms. The minimum Gasteiger partial charge on any atom is -0.463 e. The van der Waals surface area contributed by atoms with E-state index < -0.39 is 5.91 Å². The van der Waals surface area contributed by atoms with Crippen LogP contribution in [0.25, 0.3) is 0 Å². The first-order valence-electron chi connectivity index (χ1n) is 4.80. The van der Waals surface area contributed by atoms with Crippen molar-refractivity contribution in [1.82, 2.24) is 5.48 Å². The van der Waals surface area contributed by atoms with Crippen LogP contribution in [0.4, 0.5) is 0 Å². The van der Waals surface area contributed by atoms with Gasteiger partial charge in [-0.25, -0.2) is 10.3 Å². The molecule has 0 unspecified atom stereocenters. The van der Waals surface area contributed by atoms with Crippen LogP contribution in [0.2, 0.25) is 0 Å². The average Bonchev–Trinajstić information content (AvgIpc) is 2.38. The third kappa shape index (κ3) is 23.4. The highest BCUT2D eigenvalue weighted by Crippen LogP contribution is 1.81. The van der Waals surface area contributed by atoms with E-state index in [4.69, 9.17) is 10.5 Å². The topological polar surface area (TPSA) is 99.4 Å². The minimum atomic E-state index is -0.542. The number of hydroxylamine groups is 1. The lowest BCUT2D eigenvalue weighted by Gasteiger charge is -1.90. The Morgan fingerprint density at radius 3 is 2.00 bits per heavy atom. The highest BCUT2D eigenvalue weighted by Gasteiger charge is 1.94. The third-order valence-electron chi connectivity index (χ3n) is 1.03. The fourth-order valence-electron chi connectivity index (χ4n) is 0.297. The zero-order chi connectivity index (χ0) is 15.0. The van der Waals surface area contributed by atoms with Gasteiger partial charge in [-0.1, -0.05) is 19.7 Å². The van der Waals surface area contributed by atoms with Gasteiger partial charge in [0.1, 0.15) is 0 Å². The Labute approximate surface area is 107 Å². The second-order valence-electron chi connectivity index (χ2n) is 2.51. The molecule has 6 nitrogen and oxygen atoms in total. The summed E-state index contributed by atoms with van der Waals surface area (Å²) in [5.41, 5.74) is 1.72. The molecule has 0 bridgehead atoms. The molecule has 18 heavy (non-hydrogen) atoms. The number of hydrogen-bond donors (Lipinski definition) is 2. The zero-order valence-electron chi connectivity index (χ0n) is 10.6. The molecule has 0 aliphatic carbocycles. The molecule has 6 heteroatoms. The standard InChI is InChI=1S/C5H8O2.C4H7NO2.C3H3N/c1-3-5(6)7-4-2;1-3(2)4(6)5-7;1-2-3-4/h3H,1,4H2,2H3;7H,1H2,2H3,(H,5,6);2H,1H2. The molecule has 0 fully saturated rings. The molecule has 0 rings (SSSR count). The van der Waals surface area contributed by atoms with Crippen molar-refractivity contribution >= 4 is 11.9 Å². The fraction of sp³-hybridized carbons (Fsp3) is 0.250. The van der Waals surface area contributed by atoms with Gasteiger partial charge in [0.25, 0.3) is 5.91 Å². The summed E-state index contributed by atoms with van der Waals surface area (Å²) < 4.78 is 4.43. The number of carbonyl (C=O) groups excluding carboxylic acids is 2. The Hall–Kier alpha value is -2.39. The molecule has 0 radical (unpaired) electrons. The summed E-state index contributed by atoms with van der Waals surface area (Å²) >= 11 is 0. The molecule has 100 valence electrons. The van der Waals surface area contributed by atoms with Crippen molar-refractivity contribution in [3.63, 3.8) is 0 Å². The number of carbonyl (C=O) groups is 2. The van der Waals surface area contributed by atoms with Crippen LogP contribution in [-0.2, 0) is 14.3 Å². The van der Waals surface area contributed by atoms with E-state index in [0.29, 0.717) is 12.2 Å². The van der Waals surface area contributed by atoms with Crippen LogP contribution in [0.3, 0.4) is 0 Å². The van der Waals surface area contributed by atoms with Crippen LogP contribution in [0.1, 0.15) is 13.8 Å². The van der Waals surface area contributed by atoms with Crippen molar-refractivity contribution in [1.29, 1.82) is 5.26 Å². The van der Waals surface area contributed by atoms with E-state index in [0.717, 1.165) is 6.08 Å². The second kappa shape index (κ2) is 17.0. The molecule has 0 aliphatic rings. The molecule has 0 aromatic carbocycles. The van der Waals surface area contributed by atoms with Crippen molar-refractivity contribution < 1.29 is 19.5 Å². The van der Waals surface area contributed by atoms with Gasteiger partial charge in [0, 0.05) is 17.7 Å². The van der Waals surface area contributed by atoms with Crippen LogP contribution < -0.4 is 5.48 Å². The zero-order valence-corrected chi connectivity index (χ0v) is 10.6. The van der Waals surface area contributed by atoms with Gasteiger partial charge in [-0.2, -0.15) is 5.26 Å². The van der Waals surface area contributed by atoms with Gasteiger partial charge in [-0.05, 0) is 13.8 Å². The van der Waals surface area contributed by atoms with E-state index in [-0.39, 0.29) is 5.97 Å². The van der Waals surface area contributed by atoms with Crippen molar-refractivity contribution in [3.8, 4) is 6.07 Å². The number of amides is 1. The second-order valence-corrected chi connectivity index (χ2v) is 2.51. The molecule has 0 heterocycles. The summed E-state index contributed by atoms with van der Waals surface area (Å²) in [6, 6.07) is 1.69. The van der Waals surface area contributed by atoms with E-state index in [2.05, 4.69) is 24.5 Å². The van der Waals surface area contributed by atoms with E-state index in [1.54, 1.807) is 13.0 Å². The quantitative estimate of drug-likeness (QED) is 0.261. The number of nitrogens with one attached hydrogen (secondary N) is 1. The molecule has 0 saturated heterocycles. The third-order valence-corrected chi connectivity index (χ3v) is 1.03. The Morgan fingerprint density at radius 2 is 1.94 bits per heavy atom. The van der Waals surface area contributed by atoms with E-state index in [1.165, 1.54) is 18.5 Å². The van der Waals surface area contributed by atoms with Crippen molar-refractivity contribution in [2.45, 2.75) is 13.8 Å². The van der Waals surface area contributed by atoms with Gasteiger partial charge in [-0.15, -0.1) is 0 Å². The van der Waals surface area contributed by atoms with Gasteiger partial charge in [0.05, 0.1) is 12.7 Å². The van der Waals surface area contributed by atoms with Crippen LogP contribution in [0.15, 0.2) is 37.5 Å². The van der Waals surface area contributed by atoms with E-state index in [1.807, 2.05) is 0 Å². The van der Waals surface area contributed by atoms with E-state index in [9.17, 15) is 9.59 Å². The average molecular weight is 254 g/mol. The lowest BCUT2D eigenvalue weighted by atomic mass is 10.3. The number of nitriles is 1. The lowest BCUT2D eigenvalue weighted by molar-refractivity contribution is -0.137. The Bertz CT molecular complexity index is 327. The number of hydrogen-bond acceptors (Lipinski definition) is 5. The SMILES string of the molecule is C=C(C)C(=O)NO.C=CC#N.C=CC(=O)OCC. The van der Waals surface area contributed by atoms with E-state index >= 15 is 0 Å². The number of allylic oxidation sites excluding steroid dienone is 1. The maximum atomic E-state index is 10.1. The predicted molar refractivity (Wildman–Crippen MR) is 67.4 cm³/mol. The highest BCUT2D eigenvalue weighted by atomic mass is 16.5. The smallest absolute Gasteiger partial charge is 0.330 e. The molecule has 0 aromatic rings. The van der Waals surface area contributed by atoms with Crippen LogP contribution in [0, 0.1) is 11.3 Å². The minimum absolute atomic E-state index is 0.294. The summed E-state index contributed by atoms with van der Waals surface area (Å²) in [5, 5.41) is 15.4. The first-order chi connectivity index (χ1) is 8.40. The summed E-state index contributed by atoms with van der Waals surface area (Å²) in [6.45, 7) is 13.3. The highest BCUT2D eigenvalue weighted by molar-refractivity contribution is 5.91. The number of rotatable bonds is 3. The first kappa shape index (κ1) is 21.0. The predicted octanol–water partition coefficient (Wildman–Crippen LogP) is 1.50. The van der Waals surface area contributed by atoms with Crippen LogP contribution in [-0.4, -0.2) is 23.7 Å². The number of esters is 1. The van der Waals surface area contributed by atoms with Crippen molar-refractivity contribution in [2.75, 3.05) is 6.61 Å². The molecule has 0 saturated carbocycles. The number of ether oxygens (including phenoxy) is 1. The molecule has 1 amide bonds. The lowest BCUT2D eigenvalue weighted by Crippen LogP contribution is -2.18. The molecule has 0 aromatic heterocycles. The Kier molecular flexibility index (Phi) is 19.8. The monoisotopic (exact) mass is 254 g/mol. The summed E-state index contributed by atoms with van der Waals surface area (Å²) in [5.74, 6) is -0.900. The molecule has 2 N–H and O–H groups in total. The maximum Gasteiger partial charge on any atom is 0.330 e. The summed E-state index contributed by atoms with van der Waals surface area (Å²) in [4.78, 5) is 20.1. The molecular formula is C12H18N2O4. The maximum absolute atomic E-state index is 10.1. The van der Waals surface area contributed by atoms with Gasteiger partial charge in [-0.3, -0.25) is 10.0 Å². The van der Waals surface area contributed by atoms with Gasteiger partial charge >= 0.3 is 5.97 Å². The molecule has 0 aliphatic heterocycles. The fourth-order valence-corrected chi connectivity index (χ4v) is 0.297. The Balaban J connectivity index is -0.000000196. The molecule has 0 atom stereocenters. The molecular weight excluding hydrogens is 236 g/mol. The van der Waals surface area contributed by atoms with Gasteiger partial charge in [0.15, 0.2) is 0 Å². The Morgan fingerprint density at radius 1 is 1.50 bits per heavy atom. The normalized spacial score (nSPS) is 6.78. The van der Waals surface area contributed by atoms with Crippen molar-refractivity contribution in [2.24, 2.45) is 0 Å². The summed E-state index contributed by atoms with van der Waals surface area (Å²) in [6.07, 6.45) is 2.32. The number of nitrogens with zero attached hydrogens (tertiary/aromatic N) is 1. The van der Waals surface area contributed by atoms with Gasteiger partial charge in [0.2, 0.25) is 0 Å². The van der Waals surface area contributed by atoms with Crippen molar-refractivity contribution in [3.05, 3.63) is 37.5 Å². The van der Waals surface area contributed by atoms with Crippen LogP contribution in [0.5, 0.6) is 0 Å². The van der Waals surface area contributed by atoms with Crippen LogP contribution >= 0.6 is 0 Å². The van der Waals surface area contributed by atoms with Gasteiger partial charge < -0.3 is 4.74 Å². The summed E-state index contributed by atoms with van der Waals surface area (Å²) in [7, 11) is 0.